The summed E-state index contributed by atoms with van der Waals surface area (Å²) in [5.74, 6) is 0.0648. The molecule has 45 heavy (non-hydrogen) atoms. The van der Waals surface area contributed by atoms with Crippen molar-refractivity contribution in [3.05, 3.63) is 82.9 Å². The standard InChI is InChI=1S/C38H50N6O/c1-29-24-30(2)26-33(25-29)31-6-10-36(43-20-14-40(4)15-21-43)32(27-31)7-11-38(45)35-9-8-34(42-18-12-39(3)13-19-42)28-37(35)44-22-16-41(5)17-23-44/h6-11,24-28H,12-23H2,1-5H3/b11-7+. The van der Waals surface area contributed by atoms with Crippen molar-refractivity contribution in [3.8, 4) is 11.1 Å². The number of ketones is 1. The summed E-state index contributed by atoms with van der Waals surface area (Å²) < 4.78 is 0. The van der Waals surface area contributed by atoms with Crippen LogP contribution in [0.4, 0.5) is 17.1 Å². The van der Waals surface area contributed by atoms with E-state index in [1.165, 1.54) is 33.6 Å². The Morgan fingerprint density at radius 1 is 0.556 bits per heavy atom. The summed E-state index contributed by atoms with van der Waals surface area (Å²) in [6.45, 7) is 16.3. The maximum Gasteiger partial charge on any atom is 0.187 e. The first-order valence-electron chi connectivity index (χ1n) is 16.6. The first-order chi connectivity index (χ1) is 21.7. The van der Waals surface area contributed by atoms with Gasteiger partial charge in [0.15, 0.2) is 5.78 Å². The van der Waals surface area contributed by atoms with Crippen LogP contribution in [0.25, 0.3) is 17.2 Å². The lowest BCUT2D eigenvalue weighted by Crippen LogP contribution is -2.46. The van der Waals surface area contributed by atoms with Gasteiger partial charge in [-0.2, -0.15) is 0 Å². The van der Waals surface area contributed by atoms with E-state index in [9.17, 15) is 4.79 Å². The number of allylic oxidation sites excluding steroid dienone is 1. The Morgan fingerprint density at radius 3 is 1.67 bits per heavy atom. The summed E-state index contributed by atoms with van der Waals surface area (Å²) in [5.41, 5.74) is 10.3. The zero-order valence-electron chi connectivity index (χ0n) is 27.9. The number of piperazine rings is 3. The molecule has 3 heterocycles. The molecule has 0 unspecified atom stereocenters. The van der Waals surface area contributed by atoms with Crippen molar-refractivity contribution in [1.82, 2.24) is 14.7 Å². The molecule has 3 aromatic carbocycles. The van der Waals surface area contributed by atoms with E-state index >= 15 is 0 Å². The molecule has 3 aromatic rings. The highest BCUT2D eigenvalue weighted by Gasteiger charge is 2.23. The van der Waals surface area contributed by atoms with Crippen molar-refractivity contribution in [2.45, 2.75) is 13.8 Å². The van der Waals surface area contributed by atoms with Crippen molar-refractivity contribution >= 4 is 28.9 Å². The number of hydrogen-bond donors (Lipinski definition) is 0. The van der Waals surface area contributed by atoms with Crippen LogP contribution in [0.3, 0.4) is 0 Å². The zero-order valence-corrected chi connectivity index (χ0v) is 27.9. The van der Waals surface area contributed by atoms with E-state index in [0.717, 1.165) is 95.4 Å². The maximum atomic E-state index is 14.1. The highest BCUT2D eigenvalue weighted by Crippen LogP contribution is 2.32. The second kappa shape index (κ2) is 13.8. The van der Waals surface area contributed by atoms with Crippen molar-refractivity contribution in [2.24, 2.45) is 0 Å². The van der Waals surface area contributed by atoms with E-state index in [1.807, 2.05) is 6.08 Å². The van der Waals surface area contributed by atoms with E-state index in [2.05, 4.69) is 125 Å². The van der Waals surface area contributed by atoms with Crippen molar-refractivity contribution in [3.63, 3.8) is 0 Å². The molecule has 3 aliphatic heterocycles. The molecule has 0 atom stereocenters. The number of aryl methyl sites for hydroxylation is 2. The Hall–Kier alpha value is -3.65. The molecule has 7 heteroatoms. The minimum Gasteiger partial charge on any atom is -0.369 e. The van der Waals surface area contributed by atoms with Gasteiger partial charge < -0.3 is 29.4 Å². The van der Waals surface area contributed by atoms with E-state index in [-0.39, 0.29) is 5.78 Å². The molecular weight excluding hydrogens is 556 g/mol. The first kappa shape index (κ1) is 31.3. The number of rotatable bonds is 7. The molecular formula is C38H50N6O. The van der Waals surface area contributed by atoms with Gasteiger partial charge in [-0.05, 0) is 94.2 Å². The SMILES string of the molecule is Cc1cc(C)cc(-c2ccc(N3CCN(C)CC3)c(/C=C/C(=O)c3ccc(N4CCN(C)CC4)cc3N3CCN(C)CC3)c2)c1. The molecule has 0 N–H and O–H groups in total. The lowest BCUT2D eigenvalue weighted by Gasteiger charge is -2.37. The van der Waals surface area contributed by atoms with Crippen LogP contribution in [0.5, 0.6) is 0 Å². The third-order valence-electron chi connectivity index (χ3n) is 9.80. The third kappa shape index (κ3) is 7.43. The Balaban J connectivity index is 1.33. The Morgan fingerprint density at radius 2 is 1.09 bits per heavy atom. The summed E-state index contributed by atoms with van der Waals surface area (Å²) in [4.78, 5) is 28.6. The van der Waals surface area contributed by atoms with Crippen LogP contribution in [0.1, 0.15) is 27.0 Å². The van der Waals surface area contributed by atoms with Crippen LogP contribution in [-0.4, -0.2) is 120 Å². The molecule has 0 aromatic heterocycles. The van der Waals surface area contributed by atoms with Gasteiger partial charge in [-0.15, -0.1) is 0 Å². The summed E-state index contributed by atoms with van der Waals surface area (Å²) in [7, 11) is 6.55. The highest BCUT2D eigenvalue weighted by molar-refractivity contribution is 6.11. The Labute approximate surface area is 270 Å². The van der Waals surface area contributed by atoms with Crippen LogP contribution < -0.4 is 14.7 Å². The molecule has 0 amide bonds. The number of benzene rings is 3. The number of hydrogen-bond acceptors (Lipinski definition) is 7. The van der Waals surface area contributed by atoms with Gasteiger partial charge in [0.2, 0.25) is 0 Å². The molecule has 0 saturated carbocycles. The number of carbonyl (C=O) groups excluding carboxylic acids is 1. The van der Waals surface area contributed by atoms with Crippen LogP contribution in [0.15, 0.2) is 60.7 Å². The van der Waals surface area contributed by atoms with Gasteiger partial charge in [-0.1, -0.05) is 35.4 Å². The maximum absolute atomic E-state index is 14.1. The molecule has 3 fully saturated rings. The predicted molar refractivity (Wildman–Crippen MR) is 190 cm³/mol. The van der Waals surface area contributed by atoms with Gasteiger partial charge in [-0.25, -0.2) is 0 Å². The summed E-state index contributed by atoms with van der Waals surface area (Å²) in [6.07, 6.45) is 3.87. The average Bonchev–Trinajstić information content (AvgIpc) is 3.04. The fourth-order valence-electron chi connectivity index (χ4n) is 6.90. The smallest absolute Gasteiger partial charge is 0.187 e. The van der Waals surface area contributed by atoms with Gasteiger partial charge in [0, 0.05) is 95.5 Å². The normalized spacial score (nSPS) is 19.1. The summed E-state index contributed by atoms with van der Waals surface area (Å²) in [6, 6.07) is 20.0. The molecule has 3 aliphatic rings. The molecule has 0 radical (unpaired) electrons. The Kier molecular flexibility index (Phi) is 9.59. The van der Waals surface area contributed by atoms with Crippen molar-refractivity contribution in [1.29, 1.82) is 0 Å². The van der Waals surface area contributed by atoms with Crippen LogP contribution in [0.2, 0.25) is 0 Å². The van der Waals surface area contributed by atoms with Gasteiger partial charge in [0.05, 0.1) is 5.69 Å². The van der Waals surface area contributed by atoms with E-state index in [1.54, 1.807) is 0 Å². The number of carbonyl (C=O) groups is 1. The summed E-state index contributed by atoms with van der Waals surface area (Å²) in [5, 5.41) is 0. The fraction of sp³-hybridized carbons (Fsp3) is 0.447. The van der Waals surface area contributed by atoms with Crippen molar-refractivity contribution < 1.29 is 4.79 Å². The van der Waals surface area contributed by atoms with Crippen LogP contribution in [-0.2, 0) is 0 Å². The van der Waals surface area contributed by atoms with Crippen molar-refractivity contribution in [2.75, 3.05) is 114 Å². The second-order valence-corrected chi connectivity index (χ2v) is 13.4. The molecule has 3 saturated heterocycles. The molecule has 7 nitrogen and oxygen atoms in total. The molecule has 0 spiro atoms. The Bertz CT molecular complexity index is 1500. The number of nitrogens with zero attached hydrogens (tertiary/aromatic N) is 6. The molecule has 0 bridgehead atoms. The second-order valence-electron chi connectivity index (χ2n) is 13.4. The van der Waals surface area contributed by atoms with Crippen LogP contribution in [0, 0.1) is 13.8 Å². The minimum atomic E-state index is 0.0648. The number of anilines is 3. The predicted octanol–water partition coefficient (Wildman–Crippen LogP) is 5.12. The minimum absolute atomic E-state index is 0.0648. The lowest BCUT2D eigenvalue weighted by atomic mass is 9.97. The zero-order chi connectivity index (χ0) is 31.5. The lowest BCUT2D eigenvalue weighted by molar-refractivity contribution is 0.104. The third-order valence-corrected chi connectivity index (χ3v) is 9.80. The average molecular weight is 607 g/mol. The van der Waals surface area contributed by atoms with Crippen LogP contribution >= 0.6 is 0 Å². The van der Waals surface area contributed by atoms with E-state index in [0.29, 0.717) is 0 Å². The van der Waals surface area contributed by atoms with Gasteiger partial charge >= 0.3 is 0 Å². The van der Waals surface area contributed by atoms with E-state index in [4.69, 9.17) is 0 Å². The molecule has 0 aliphatic carbocycles. The van der Waals surface area contributed by atoms with Gasteiger partial charge in [0.25, 0.3) is 0 Å². The topological polar surface area (TPSA) is 36.5 Å². The monoisotopic (exact) mass is 606 g/mol. The quantitative estimate of drug-likeness (QED) is 0.273. The first-order valence-corrected chi connectivity index (χ1v) is 16.6. The van der Waals surface area contributed by atoms with E-state index < -0.39 is 0 Å². The largest absolute Gasteiger partial charge is 0.369 e. The molecule has 238 valence electrons. The van der Waals surface area contributed by atoms with Gasteiger partial charge in [-0.3, -0.25) is 4.79 Å². The number of likely N-dealkylation sites (N-methyl/N-ethyl adjacent to an activating group) is 3. The summed E-state index contributed by atoms with van der Waals surface area (Å²) >= 11 is 0. The molecule has 6 rings (SSSR count). The van der Waals surface area contributed by atoms with Gasteiger partial charge in [0.1, 0.15) is 0 Å². The highest BCUT2D eigenvalue weighted by atomic mass is 16.1. The fourth-order valence-corrected chi connectivity index (χ4v) is 6.90.